The van der Waals surface area contributed by atoms with Gasteiger partial charge in [0.25, 0.3) is 0 Å². The lowest BCUT2D eigenvalue weighted by Gasteiger charge is -2.14. The molecule has 0 saturated carbocycles. The van der Waals surface area contributed by atoms with E-state index in [2.05, 4.69) is 35.2 Å². The molecule has 0 amide bonds. The van der Waals surface area contributed by atoms with Crippen molar-refractivity contribution in [3.05, 3.63) is 28.8 Å². The molecule has 1 rings (SSSR count). The maximum Gasteiger partial charge on any atom is 0.0471 e. The molecule has 1 aromatic rings. The van der Waals surface area contributed by atoms with Gasteiger partial charge in [0.05, 0.1) is 0 Å². The molecule has 0 spiro atoms. The molecule has 2 heteroatoms. The van der Waals surface area contributed by atoms with Gasteiger partial charge in [0.15, 0.2) is 0 Å². The van der Waals surface area contributed by atoms with E-state index in [1.807, 2.05) is 0 Å². The van der Waals surface area contributed by atoms with Crippen LogP contribution in [0.2, 0.25) is 0 Å². The molecule has 0 aromatic heterocycles. The van der Waals surface area contributed by atoms with E-state index < -0.39 is 0 Å². The number of hydrogen-bond acceptors (Lipinski definition) is 1. The molecule has 14 heavy (non-hydrogen) atoms. The largest absolute Gasteiger partial charge is 0.396 e. The fraction of sp³-hybridized carbons (Fsp3) is 0.500. The summed E-state index contributed by atoms with van der Waals surface area (Å²) in [7, 11) is 2.76. The van der Waals surface area contributed by atoms with Gasteiger partial charge >= 0.3 is 0 Å². The molecule has 0 saturated heterocycles. The minimum atomic E-state index is 0.238. The van der Waals surface area contributed by atoms with Crippen LogP contribution >= 0.6 is 9.24 Å². The third kappa shape index (κ3) is 2.34. The summed E-state index contributed by atoms with van der Waals surface area (Å²) in [5, 5.41) is 10.2. The molecule has 78 valence electrons. The van der Waals surface area contributed by atoms with E-state index in [0.29, 0.717) is 0 Å². The van der Waals surface area contributed by atoms with Crippen LogP contribution in [0.25, 0.3) is 0 Å². The van der Waals surface area contributed by atoms with Crippen LogP contribution < -0.4 is 5.30 Å². The topological polar surface area (TPSA) is 20.2 Å². The lowest BCUT2D eigenvalue weighted by molar-refractivity contribution is 0.299. The van der Waals surface area contributed by atoms with Crippen LogP contribution in [0.1, 0.15) is 30.5 Å². The predicted octanol–water partition coefficient (Wildman–Crippen LogP) is 1.85. The zero-order chi connectivity index (χ0) is 10.6. The van der Waals surface area contributed by atoms with E-state index in [-0.39, 0.29) is 6.61 Å². The average Bonchev–Trinajstić information content (AvgIpc) is 2.21. The van der Waals surface area contributed by atoms with Crippen molar-refractivity contribution < 1.29 is 5.11 Å². The van der Waals surface area contributed by atoms with Gasteiger partial charge in [-0.25, -0.2) is 0 Å². The molecule has 0 aliphatic rings. The normalized spacial score (nSPS) is 10.6. The number of rotatable bonds is 4. The van der Waals surface area contributed by atoms with Crippen molar-refractivity contribution in [1.82, 2.24) is 0 Å². The number of hydrogen-bond donors (Lipinski definition) is 1. The minimum Gasteiger partial charge on any atom is -0.396 e. The van der Waals surface area contributed by atoms with E-state index in [1.165, 1.54) is 22.0 Å². The molecular formula is C12H19OP. The van der Waals surface area contributed by atoms with Crippen molar-refractivity contribution in [3.63, 3.8) is 0 Å². The van der Waals surface area contributed by atoms with Crippen LogP contribution in [0.15, 0.2) is 12.1 Å². The van der Waals surface area contributed by atoms with Gasteiger partial charge in [-0.05, 0) is 41.3 Å². The molecule has 0 radical (unpaired) electrons. The van der Waals surface area contributed by atoms with E-state index in [1.54, 1.807) is 0 Å². The first-order valence-electron chi connectivity index (χ1n) is 5.24. The smallest absolute Gasteiger partial charge is 0.0471 e. The Bertz CT molecular complexity index is 307. The van der Waals surface area contributed by atoms with Gasteiger partial charge in [0.1, 0.15) is 0 Å². The van der Waals surface area contributed by atoms with Crippen molar-refractivity contribution >= 4 is 14.5 Å². The fourth-order valence-corrected chi connectivity index (χ4v) is 2.35. The molecule has 0 aliphatic heterocycles. The molecule has 0 bridgehead atoms. The lowest BCUT2D eigenvalue weighted by Crippen LogP contribution is -2.11. The highest BCUT2D eigenvalue weighted by Gasteiger charge is 2.07. The molecule has 1 atom stereocenters. The van der Waals surface area contributed by atoms with Gasteiger partial charge in [0.2, 0.25) is 0 Å². The number of aryl methyl sites for hydroxylation is 1. The van der Waals surface area contributed by atoms with Crippen LogP contribution in [0, 0.1) is 0 Å². The Hall–Kier alpha value is -0.390. The van der Waals surface area contributed by atoms with Crippen molar-refractivity contribution in [3.8, 4) is 0 Å². The summed E-state index contributed by atoms with van der Waals surface area (Å²) in [6, 6.07) is 4.33. The SMILES string of the molecule is CCc1ccc(P)c(CCO)c1CC. The standard InChI is InChI=1S/C12H19OP/c1-3-9-5-6-12(14)11(7-8-13)10(9)4-2/h5-6,13H,3-4,7-8,14H2,1-2H3. The number of benzene rings is 1. The molecule has 0 heterocycles. The highest BCUT2D eigenvalue weighted by Crippen LogP contribution is 2.17. The summed E-state index contributed by atoms with van der Waals surface area (Å²) in [6.07, 6.45) is 2.91. The third-order valence-electron chi connectivity index (χ3n) is 2.66. The monoisotopic (exact) mass is 210 g/mol. The molecular weight excluding hydrogens is 191 g/mol. The Kier molecular flexibility index (Phi) is 4.57. The van der Waals surface area contributed by atoms with Gasteiger partial charge in [-0.1, -0.05) is 26.0 Å². The lowest BCUT2D eigenvalue weighted by atomic mass is 9.95. The fourth-order valence-electron chi connectivity index (χ4n) is 1.94. The molecule has 0 fully saturated rings. The van der Waals surface area contributed by atoms with Gasteiger partial charge in [0, 0.05) is 6.61 Å². The first kappa shape index (κ1) is 11.7. The second-order valence-electron chi connectivity index (χ2n) is 3.45. The summed E-state index contributed by atoms with van der Waals surface area (Å²) in [4.78, 5) is 0. The Morgan fingerprint density at radius 2 is 1.86 bits per heavy atom. The molecule has 1 unspecified atom stereocenters. The quantitative estimate of drug-likeness (QED) is 0.752. The van der Waals surface area contributed by atoms with Crippen LogP contribution in [0.3, 0.4) is 0 Å². The van der Waals surface area contributed by atoms with Crippen LogP contribution in [-0.2, 0) is 19.3 Å². The summed E-state index contributed by atoms with van der Waals surface area (Å²) in [6.45, 7) is 4.60. The van der Waals surface area contributed by atoms with Crippen molar-refractivity contribution in [2.45, 2.75) is 33.1 Å². The zero-order valence-electron chi connectivity index (χ0n) is 9.01. The average molecular weight is 210 g/mol. The van der Waals surface area contributed by atoms with Crippen molar-refractivity contribution in [1.29, 1.82) is 0 Å². The van der Waals surface area contributed by atoms with Crippen LogP contribution in [-0.4, -0.2) is 11.7 Å². The molecule has 1 aromatic carbocycles. The Balaban J connectivity index is 3.20. The van der Waals surface area contributed by atoms with Gasteiger partial charge in [-0.15, -0.1) is 9.24 Å². The zero-order valence-corrected chi connectivity index (χ0v) is 10.2. The maximum atomic E-state index is 9.02. The van der Waals surface area contributed by atoms with E-state index >= 15 is 0 Å². The summed E-state index contributed by atoms with van der Waals surface area (Å²) in [5.41, 5.74) is 4.16. The van der Waals surface area contributed by atoms with Crippen molar-refractivity contribution in [2.24, 2.45) is 0 Å². The second-order valence-corrected chi connectivity index (χ2v) is 4.07. The van der Waals surface area contributed by atoms with Crippen LogP contribution in [0.5, 0.6) is 0 Å². The molecule has 1 nitrogen and oxygen atoms in total. The summed E-state index contributed by atoms with van der Waals surface area (Å²) in [5.74, 6) is 0. The van der Waals surface area contributed by atoms with E-state index in [9.17, 15) is 0 Å². The highest BCUT2D eigenvalue weighted by molar-refractivity contribution is 7.27. The highest BCUT2D eigenvalue weighted by atomic mass is 31.0. The maximum absolute atomic E-state index is 9.02. The first-order chi connectivity index (χ1) is 6.74. The Morgan fingerprint density at radius 3 is 2.36 bits per heavy atom. The molecule has 0 aliphatic carbocycles. The van der Waals surface area contributed by atoms with Gasteiger partial charge in [-0.3, -0.25) is 0 Å². The minimum absolute atomic E-state index is 0.238. The van der Waals surface area contributed by atoms with Crippen LogP contribution in [0.4, 0.5) is 0 Å². The summed E-state index contributed by atoms with van der Waals surface area (Å²) >= 11 is 0. The first-order valence-corrected chi connectivity index (χ1v) is 5.82. The third-order valence-corrected chi connectivity index (χ3v) is 3.20. The summed E-state index contributed by atoms with van der Waals surface area (Å²) < 4.78 is 0. The van der Waals surface area contributed by atoms with E-state index in [4.69, 9.17) is 5.11 Å². The number of aliphatic hydroxyl groups is 1. The van der Waals surface area contributed by atoms with Gasteiger partial charge in [-0.2, -0.15) is 0 Å². The van der Waals surface area contributed by atoms with E-state index in [0.717, 1.165) is 19.3 Å². The predicted molar refractivity (Wildman–Crippen MR) is 65.3 cm³/mol. The second kappa shape index (κ2) is 5.48. The van der Waals surface area contributed by atoms with Gasteiger partial charge < -0.3 is 5.11 Å². The Labute approximate surface area is 88.7 Å². The Morgan fingerprint density at radius 1 is 1.14 bits per heavy atom. The number of aliphatic hydroxyl groups excluding tert-OH is 1. The van der Waals surface area contributed by atoms with Crippen molar-refractivity contribution in [2.75, 3.05) is 6.61 Å². The molecule has 1 N–H and O–H groups in total.